The Hall–Kier alpha value is -0.180. The second-order valence-corrected chi connectivity index (χ2v) is 7.46. The third-order valence-electron chi connectivity index (χ3n) is 2.55. The van der Waals surface area contributed by atoms with E-state index in [2.05, 4.69) is 32.2 Å². The summed E-state index contributed by atoms with van der Waals surface area (Å²) < 4.78 is 0.315. The highest BCUT2D eigenvalue weighted by Gasteiger charge is 2.15. The Kier molecular flexibility index (Phi) is 5.84. The van der Waals surface area contributed by atoms with Crippen molar-refractivity contribution in [2.75, 3.05) is 12.8 Å². The van der Waals surface area contributed by atoms with Gasteiger partial charge in [0.25, 0.3) is 0 Å². The minimum absolute atomic E-state index is 0.315. The number of halogens is 1. The summed E-state index contributed by atoms with van der Waals surface area (Å²) in [5.74, 6) is 1.10. The maximum atomic E-state index is 6.18. The number of thioether (sulfide) groups is 1. The van der Waals surface area contributed by atoms with Gasteiger partial charge in [0.15, 0.2) is 0 Å². The van der Waals surface area contributed by atoms with Crippen molar-refractivity contribution < 1.29 is 0 Å². The maximum absolute atomic E-state index is 6.18. The lowest BCUT2D eigenvalue weighted by atomic mass is 10.1. The molecule has 1 nitrogen and oxygen atoms in total. The molecule has 0 spiro atoms. The molecule has 1 atom stereocenters. The molecule has 0 bridgehead atoms. The van der Waals surface area contributed by atoms with E-state index in [-0.39, 0.29) is 0 Å². The van der Waals surface area contributed by atoms with Crippen LogP contribution in [0, 0.1) is 0 Å². The zero-order valence-corrected chi connectivity index (χ0v) is 12.7. The van der Waals surface area contributed by atoms with E-state index in [4.69, 9.17) is 11.6 Å². The first kappa shape index (κ1) is 14.9. The smallest absolute Gasteiger partial charge is 0.0438 e. The molecule has 1 unspecified atom stereocenters. The van der Waals surface area contributed by atoms with Crippen LogP contribution in [-0.2, 0) is 6.42 Å². The van der Waals surface area contributed by atoms with Crippen molar-refractivity contribution in [3.8, 4) is 0 Å². The maximum Gasteiger partial charge on any atom is 0.0438 e. The summed E-state index contributed by atoms with van der Waals surface area (Å²) in [6.45, 7) is 6.75. The molecule has 0 amide bonds. The fraction of sp³-hybridized carbons (Fsp3) is 0.571. The molecule has 0 heterocycles. The fourth-order valence-corrected chi connectivity index (χ4v) is 2.72. The minimum Gasteiger partial charge on any atom is -0.316 e. The van der Waals surface area contributed by atoms with Crippen LogP contribution < -0.4 is 5.32 Å². The summed E-state index contributed by atoms with van der Waals surface area (Å²) in [6.07, 6.45) is 0.985. The molecule has 1 aromatic carbocycles. The molecule has 0 radical (unpaired) electrons. The zero-order chi connectivity index (χ0) is 12.9. The van der Waals surface area contributed by atoms with E-state index in [9.17, 15) is 0 Å². The average molecular weight is 272 g/mol. The van der Waals surface area contributed by atoms with E-state index in [0.29, 0.717) is 10.8 Å². The van der Waals surface area contributed by atoms with Crippen molar-refractivity contribution in [3.63, 3.8) is 0 Å². The van der Waals surface area contributed by atoms with Crippen LogP contribution in [0.15, 0.2) is 24.3 Å². The summed E-state index contributed by atoms with van der Waals surface area (Å²) in [5.41, 5.74) is 1.23. The SMILES string of the molecule is CNC(CSC(C)(C)C)Cc1ccccc1Cl. The van der Waals surface area contributed by atoms with Gasteiger partial charge in [0, 0.05) is 21.6 Å². The Bertz CT molecular complexity index is 346. The van der Waals surface area contributed by atoms with Gasteiger partial charge in [0.2, 0.25) is 0 Å². The van der Waals surface area contributed by atoms with E-state index < -0.39 is 0 Å². The molecule has 0 aromatic heterocycles. The zero-order valence-electron chi connectivity index (χ0n) is 11.1. The van der Waals surface area contributed by atoms with E-state index in [1.54, 1.807) is 0 Å². The van der Waals surface area contributed by atoms with Gasteiger partial charge in [-0.1, -0.05) is 50.6 Å². The third kappa shape index (κ3) is 5.80. The number of nitrogens with one attached hydrogen (secondary N) is 1. The van der Waals surface area contributed by atoms with E-state index >= 15 is 0 Å². The van der Waals surface area contributed by atoms with Crippen molar-refractivity contribution in [3.05, 3.63) is 34.9 Å². The standard InChI is InChI=1S/C14H22ClNS/c1-14(2,3)17-10-12(16-4)9-11-7-5-6-8-13(11)15/h5-8,12,16H,9-10H2,1-4H3. The summed E-state index contributed by atoms with van der Waals surface area (Å²) in [5, 5.41) is 4.24. The van der Waals surface area contributed by atoms with E-state index in [1.807, 2.05) is 37.0 Å². The molecule has 96 valence electrons. The number of hydrogen-bond acceptors (Lipinski definition) is 2. The molecule has 0 aliphatic heterocycles. The lowest BCUT2D eigenvalue weighted by molar-refractivity contribution is 0.614. The monoisotopic (exact) mass is 271 g/mol. The van der Waals surface area contributed by atoms with E-state index in [1.165, 1.54) is 5.56 Å². The van der Waals surface area contributed by atoms with Gasteiger partial charge in [0.05, 0.1) is 0 Å². The molecule has 3 heteroatoms. The van der Waals surface area contributed by atoms with Gasteiger partial charge in [-0.15, -0.1) is 0 Å². The lowest BCUT2D eigenvalue weighted by Crippen LogP contribution is -2.31. The highest BCUT2D eigenvalue weighted by atomic mass is 35.5. The van der Waals surface area contributed by atoms with Gasteiger partial charge in [-0.2, -0.15) is 11.8 Å². The van der Waals surface area contributed by atoms with Gasteiger partial charge < -0.3 is 5.32 Å². The Morgan fingerprint density at radius 3 is 2.47 bits per heavy atom. The Morgan fingerprint density at radius 1 is 1.29 bits per heavy atom. The molecular weight excluding hydrogens is 250 g/mol. The van der Waals surface area contributed by atoms with Gasteiger partial charge in [-0.25, -0.2) is 0 Å². The Morgan fingerprint density at radius 2 is 1.94 bits per heavy atom. The first-order valence-electron chi connectivity index (χ1n) is 5.97. The third-order valence-corrected chi connectivity index (χ3v) is 4.35. The van der Waals surface area contributed by atoms with Crippen molar-refractivity contribution in [2.24, 2.45) is 0 Å². The van der Waals surface area contributed by atoms with Crippen LogP contribution in [0.1, 0.15) is 26.3 Å². The largest absolute Gasteiger partial charge is 0.316 e. The van der Waals surface area contributed by atoms with E-state index in [0.717, 1.165) is 17.2 Å². The lowest BCUT2D eigenvalue weighted by Gasteiger charge is -2.23. The number of benzene rings is 1. The van der Waals surface area contributed by atoms with Gasteiger partial charge in [-0.3, -0.25) is 0 Å². The van der Waals surface area contributed by atoms with Crippen molar-refractivity contribution in [2.45, 2.75) is 38.0 Å². The number of rotatable bonds is 5. The van der Waals surface area contributed by atoms with Crippen LogP contribution >= 0.6 is 23.4 Å². The van der Waals surface area contributed by atoms with Crippen LogP contribution in [0.25, 0.3) is 0 Å². The van der Waals surface area contributed by atoms with Crippen molar-refractivity contribution in [1.29, 1.82) is 0 Å². The summed E-state index contributed by atoms with van der Waals surface area (Å²) in [6, 6.07) is 8.56. The van der Waals surface area contributed by atoms with Gasteiger partial charge in [-0.05, 0) is 25.1 Å². The summed E-state index contributed by atoms with van der Waals surface area (Å²) >= 11 is 8.17. The van der Waals surface area contributed by atoms with Crippen LogP contribution in [0.3, 0.4) is 0 Å². The Balaban J connectivity index is 2.56. The predicted molar refractivity (Wildman–Crippen MR) is 80.2 cm³/mol. The first-order chi connectivity index (χ1) is 7.92. The molecule has 1 aromatic rings. The van der Waals surface area contributed by atoms with Gasteiger partial charge >= 0.3 is 0 Å². The minimum atomic E-state index is 0.315. The number of hydrogen-bond donors (Lipinski definition) is 1. The molecular formula is C14H22ClNS. The second kappa shape index (κ2) is 6.67. The van der Waals surface area contributed by atoms with Crippen molar-refractivity contribution in [1.82, 2.24) is 5.32 Å². The number of likely N-dealkylation sites (N-methyl/N-ethyl adjacent to an activating group) is 1. The molecule has 1 N–H and O–H groups in total. The molecule has 0 saturated carbocycles. The van der Waals surface area contributed by atoms with Crippen LogP contribution in [0.2, 0.25) is 5.02 Å². The van der Waals surface area contributed by atoms with Crippen LogP contribution in [0.5, 0.6) is 0 Å². The molecule has 0 aliphatic rings. The molecule has 0 fully saturated rings. The fourth-order valence-electron chi connectivity index (χ4n) is 1.52. The molecule has 1 rings (SSSR count). The molecule has 0 aliphatic carbocycles. The highest BCUT2D eigenvalue weighted by molar-refractivity contribution is 8.00. The average Bonchev–Trinajstić information content (AvgIpc) is 2.25. The summed E-state index contributed by atoms with van der Waals surface area (Å²) in [7, 11) is 2.02. The Labute approximate surface area is 114 Å². The normalized spacial score (nSPS) is 13.7. The quantitative estimate of drug-likeness (QED) is 0.869. The van der Waals surface area contributed by atoms with Crippen molar-refractivity contribution >= 4 is 23.4 Å². The first-order valence-corrected chi connectivity index (χ1v) is 7.33. The topological polar surface area (TPSA) is 12.0 Å². The summed E-state index contributed by atoms with van der Waals surface area (Å²) in [4.78, 5) is 0. The highest BCUT2D eigenvalue weighted by Crippen LogP contribution is 2.25. The van der Waals surface area contributed by atoms with Crippen LogP contribution in [-0.4, -0.2) is 23.6 Å². The molecule has 17 heavy (non-hydrogen) atoms. The second-order valence-electron chi connectivity index (χ2n) is 5.20. The van der Waals surface area contributed by atoms with Gasteiger partial charge in [0.1, 0.15) is 0 Å². The predicted octanol–water partition coefficient (Wildman–Crippen LogP) is 4.00. The molecule has 0 saturated heterocycles. The van der Waals surface area contributed by atoms with Crippen LogP contribution in [0.4, 0.5) is 0 Å².